The maximum absolute atomic E-state index is 13.4. The average molecular weight is 524 g/mol. The fourth-order valence-electron chi connectivity index (χ4n) is 4.19. The first-order valence-electron chi connectivity index (χ1n) is 9.77. The normalized spacial score (nSPS) is 23.0. The molecule has 4 rings (SSSR count). The third-order valence-electron chi connectivity index (χ3n) is 5.79. The monoisotopic (exact) mass is 522 g/mol. The van der Waals surface area contributed by atoms with E-state index in [9.17, 15) is 27.9 Å². The Morgan fingerprint density at radius 2 is 1.90 bits per heavy atom. The van der Waals surface area contributed by atoms with Crippen molar-refractivity contribution in [3.63, 3.8) is 0 Å². The van der Waals surface area contributed by atoms with Gasteiger partial charge >= 0.3 is 6.18 Å². The van der Waals surface area contributed by atoms with Crippen LogP contribution in [0.4, 0.5) is 13.2 Å². The van der Waals surface area contributed by atoms with Gasteiger partial charge in [0, 0.05) is 29.8 Å². The Bertz CT molecular complexity index is 1040. The van der Waals surface area contributed by atoms with Crippen molar-refractivity contribution < 1.29 is 27.9 Å². The highest BCUT2D eigenvalue weighted by Gasteiger charge is 2.38. The van der Waals surface area contributed by atoms with Crippen LogP contribution in [-0.4, -0.2) is 67.9 Å². The highest BCUT2D eigenvalue weighted by atomic mass is 79.9. The molecule has 2 aromatic rings. The number of aromatic nitrogens is 2. The largest absolute Gasteiger partial charge is 0.420 e. The number of alkyl halides is 3. The molecular formula is C19H19BrClF3N4O3. The lowest BCUT2D eigenvalue weighted by atomic mass is 9.91. The highest BCUT2D eigenvalue weighted by Crippen LogP contribution is 2.36. The van der Waals surface area contributed by atoms with Crippen molar-refractivity contribution in [2.75, 3.05) is 19.6 Å². The highest BCUT2D eigenvalue weighted by molar-refractivity contribution is 9.10. The number of imidazole rings is 1. The molecule has 2 aliphatic rings. The second-order valence-electron chi connectivity index (χ2n) is 7.79. The molecule has 0 atom stereocenters. The Morgan fingerprint density at radius 1 is 1.23 bits per heavy atom. The number of halogens is 5. The van der Waals surface area contributed by atoms with E-state index in [-0.39, 0.29) is 46.5 Å². The van der Waals surface area contributed by atoms with Crippen molar-refractivity contribution in [2.24, 2.45) is 0 Å². The summed E-state index contributed by atoms with van der Waals surface area (Å²) in [6.07, 6.45) is -1.06. The van der Waals surface area contributed by atoms with Gasteiger partial charge in [-0.15, -0.1) is 0 Å². The second-order valence-corrected chi connectivity index (χ2v) is 9.06. The summed E-state index contributed by atoms with van der Waals surface area (Å²) < 4.78 is 41.4. The molecule has 0 aromatic carbocycles. The summed E-state index contributed by atoms with van der Waals surface area (Å²) >= 11 is 9.23. The molecular weight excluding hydrogens is 505 g/mol. The number of amides is 2. The molecule has 2 fully saturated rings. The molecule has 7 nitrogen and oxygen atoms in total. The van der Waals surface area contributed by atoms with Gasteiger partial charge in [0.15, 0.2) is 11.3 Å². The lowest BCUT2D eigenvalue weighted by Gasteiger charge is -2.41. The minimum absolute atomic E-state index is 0.0265. The number of aliphatic hydroxyl groups excluding tert-OH is 1. The van der Waals surface area contributed by atoms with Crippen LogP contribution in [0.5, 0.6) is 0 Å². The minimum atomic E-state index is -4.69. The van der Waals surface area contributed by atoms with Crippen molar-refractivity contribution in [3.8, 4) is 0 Å². The van der Waals surface area contributed by atoms with Crippen molar-refractivity contribution >= 4 is 45.0 Å². The smallest absolute Gasteiger partial charge is 0.393 e. The molecule has 1 saturated heterocycles. The first kappa shape index (κ1) is 22.3. The Kier molecular flexibility index (Phi) is 5.95. The van der Waals surface area contributed by atoms with E-state index in [2.05, 4.69) is 20.9 Å². The Labute approximate surface area is 188 Å². The molecule has 2 aromatic heterocycles. The Balaban J connectivity index is 1.56. The van der Waals surface area contributed by atoms with Crippen LogP contribution in [0.25, 0.3) is 5.65 Å². The zero-order chi connectivity index (χ0) is 22.5. The van der Waals surface area contributed by atoms with E-state index in [1.807, 2.05) is 0 Å². The van der Waals surface area contributed by atoms with E-state index in [0.717, 1.165) is 10.5 Å². The van der Waals surface area contributed by atoms with E-state index >= 15 is 0 Å². The Hall–Kier alpha value is -1.85. The molecule has 0 spiro atoms. The molecule has 1 N–H and O–H groups in total. The van der Waals surface area contributed by atoms with E-state index in [1.54, 1.807) is 4.90 Å². The average Bonchev–Trinajstić information content (AvgIpc) is 3.03. The molecule has 0 unspecified atom stereocenters. The first-order chi connectivity index (χ1) is 14.6. The third kappa shape index (κ3) is 4.27. The lowest BCUT2D eigenvalue weighted by Crippen LogP contribution is -2.56. The molecule has 0 bridgehead atoms. The maximum atomic E-state index is 13.4. The summed E-state index contributed by atoms with van der Waals surface area (Å²) in [7, 11) is 0. The van der Waals surface area contributed by atoms with E-state index in [1.165, 1.54) is 11.1 Å². The van der Waals surface area contributed by atoms with Gasteiger partial charge in [0.25, 0.3) is 5.91 Å². The summed E-state index contributed by atoms with van der Waals surface area (Å²) in [6.45, 7) is 0.344. The summed E-state index contributed by atoms with van der Waals surface area (Å²) in [5.41, 5.74) is -1.83. The molecule has 3 heterocycles. The number of hydrogen-bond donors (Lipinski definition) is 1. The summed E-state index contributed by atoms with van der Waals surface area (Å²) in [4.78, 5) is 32.5. The van der Waals surface area contributed by atoms with Crippen LogP contribution < -0.4 is 0 Å². The zero-order valence-electron chi connectivity index (χ0n) is 16.2. The van der Waals surface area contributed by atoms with Crippen molar-refractivity contribution in [1.29, 1.82) is 0 Å². The predicted molar refractivity (Wildman–Crippen MR) is 109 cm³/mol. The summed E-state index contributed by atoms with van der Waals surface area (Å²) in [5, 5.41) is 9.41. The van der Waals surface area contributed by atoms with Crippen LogP contribution in [0.15, 0.2) is 16.7 Å². The number of hydrogen-bond acceptors (Lipinski definition) is 4. The lowest BCUT2D eigenvalue weighted by molar-refractivity contribution is -0.139. The molecule has 2 amide bonds. The number of nitrogens with zero attached hydrogens (tertiary/aromatic N) is 4. The van der Waals surface area contributed by atoms with Gasteiger partial charge in [-0.25, -0.2) is 4.98 Å². The van der Waals surface area contributed by atoms with E-state index in [0.29, 0.717) is 32.2 Å². The van der Waals surface area contributed by atoms with Crippen molar-refractivity contribution in [1.82, 2.24) is 19.2 Å². The predicted octanol–water partition coefficient (Wildman–Crippen LogP) is 3.36. The number of fused-ring (bicyclic) bond motifs is 1. The van der Waals surface area contributed by atoms with Gasteiger partial charge in [-0.3, -0.25) is 14.0 Å². The third-order valence-corrected chi connectivity index (χ3v) is 6.58. The van der Waals surface area contributed by atoms with Gasteiger partial charge in [0.2, 0.25) is 5.91 Å². The molecule has 12 heteroatoms. The van der Waals surface area contributed by atoms with Crippen LogP contribution in [0.3, 0.4) is 0 Å². The van der Waals surface area contributed by atoms with E-state index < -0.39 is 23.3 Å². The zero-order valence-corrected chi connectivity index (χ0v) is 18.5. The van der Waals surface area contributed by atoms with Gasteiger partial charge in [0.05, 0.1) is 11.7 Å². The minimum Gasteiger partial charge on any atom is -0.393 e. The standard InChI is InChI=1S/C19H19BrClF3N4O3/c20-10-7-13(19(22,23)24)17-25-15(16(21)28(17)8-10)18(31)26-5-6-27(14(30)9-26)11-1-3-12(29)4-2-11/h7-8,11-12,29H,1-6,9H2. The van der Waals surface area contributed by atoms with Gasteiger partial charge in [-0.1, -0.05) is 11.6 Å². The van der Waals surface area contributed by atoms with Gasteiger partial charge in [0.1, 0.15) is 11.7 Å². The number of rotatable bonds is 2. The number of carbonyl (C=O) groups is 2. The Morgan fingerprint density at radius 3 is 2.52 bits per heavy atom. The quantitative estimate of drug-likeness (QED) is 0.655. The number of aliphatic hydroxyl groups is 1. The topological polar surface area (TPSA) is 78.2 Å². The molecule has 0 radical (unpaired) electrons. The van der Waals surface area contributed by atoms with Gasteiger partial charge < -0.3 is 14.9 Å². The van der Waals surface area contributed by atoms with Crippen LogP contribution in [-0.2, 0) is 11.0 Å². The van der Waals surface area contributed by atoms with E-state index in [4.69, 9.17) is 11.6 Å². The van der Waals surface area contributed by atoms with Crippen molar-refractivity contribution in [2.45, 2.75) is 44.0 Å². The number of carbonyl (C=O) groups excluding carboxylic acids is 2. The van der Waals surface area contributed by atoms with Crippen LogP contribution in [0.2, 0.25) is 5.15 Å². The fourth-order valence-corrected chi connectivity index (χ4v) is 4.88. The van der Waals surface area contributed by atoms with Crippen molar-refractivity contribution in [3.05, 3.63) is 33.1 Å². The summed E-state index contributed by atoms with van der Waals surface area (Å²) in [6, 6.07) is 0.898. The van der Waals surface area contributed by atoms with Crippen LogP contribution in [0.1, 0.15) is 41.7 Å². The molecule has 1 aliphatic heterocycles. The summed E-state index contributed by atoms with van der Waals surface area (Å²) in [5.74, 6) is -0.926. The molecule has 168 valence electrons. The van der Waals surface area contributed by atoms with Gasteiger partial charge in [-0.2, -0.15) is 13.2 Å². The second kappa shape index (κ2) is 8.25. The van der Waals surface area contributed by atoms with Crippen LogP contribution in [0, 0.1) is 0 Å². The molecule has 1 saturated carbocycles. The maximum Gasteiger partial charge on any atom is 0.420 e. The van der Waals surface area contributed by atoms with Crippen LogP contribution >= 0.6 is 27.5 Å². The fraction of sp³-hybridized carbons (Fsp3) is 0.526. The molecule has 31 heavy (non-hydrogen) atoms. The number of piperazine rings is 1. The van der Waals surface area contributed by atoms with Gasteiger partial charge in [-0.05, 0) is 47.7 Å². The molecule has 1 aliphatic carbocycles. The first-order valence-corrected chi connectivity index (χ1v) is 10.9. The SMILES string of the molecule is O=C(c1nc2c(C(F)(F)F)cc(Br)cn2c1Cl)N1CCN(C2CCC(O)CC2)C(=O)C1. The number of pyridine rings is 1.